The smallest absolute Gasteiger partial charge is 0.123 e. The van der Waals surface area contributed by atoms with Gasteiger partial charge in [-0.1, -0.05) is 28.1 Å². The van der Waals surface area contributed by atoms with Crippen molar-refractivity contribution >= 4 is 15.9 Å². The van der Waals surface area contributed by atoms with Crippen molar-refractivity contribution < 1.29 is 13.9 Å². The molecule has 1 heterocycles. The summed E-state index contributed by atoms with van der Waals surface area (Å²) in [7, 11) is 0. The summed E-state index contributed by atoms with van der Waals surface area (Å²) >= 11 is 3.45. The Kier molecular flexibility index (Phi) is 5.60. The van der Waals surface area contributed by atoms with Crippen molar-refractivity contribution in [1.82, 2.24) is 0 Å². The zero-order chi connectivity index (χ0) is 12.8. The van der Waals surface area contributed by atoms with E-state index in [9.17, 15) is 4.39 Å². The highest BCUT2D eigenvalue weighted by Gasteiger charge is 2.17. The number of hydrogen-bond acceptors (Lipinski definition) is 2. The minimum absolute atomic E-state index is 0.00607. The van der Waals surface area contributed by atoms with E-state index in [0.29, 0.717) is 5.92 Å². The highest BCUT2D eigenvalue weighted by atomic mass is 79.9. The molecule has 1 fully saturated rings. The van der Waals surface area contributed by atoms with Gasteiger partial charge in [0.05, 0.1) is 12.7 Å². The molecule has 1 unspecified atom stereocenters. The van der Waals surface area contributed by atoms with Gasteiger partial charge in [0.25, 0.3) is 0 Å². The van der Waals surface area contributed by atoms with Crippen LogP contribution in [0.25, 0.3) is 0 Å². The summed E-state index contributed by atoms with van der Waals surface area (Å²) in [5, 5.41) is 0.724. The molecule has 0 N–H and O–H groups in total. The van der Waals surface area contributed by atoms with Gasteiger partial charge >= 0.3 is 0 Å². The monoisotopic (exact) mass is 316 g/mol. The van der Waals surface area contributed by atoms with E-state index in [2.05, 4.69) is 15.9 Å². The van der Waals surface area contributed by atoms with Crippen LogP contribution in [0.3, 0.4) is 0 Å². The molecule has 0 bridgehead atoms. The van der Waals surface area contributed by atoms with E-state index in [0.717, 1.165) is 43.6 Å². The predicted molar refractivity (Wildman–Crippen MR) is 72.4 cm³/mol. The van der Waals surface area contributed by atoms with Crippen LogP contribution < -0.4 is 0 Å². The maximum atomic E-state index is 12.9. The number of alkyl halides is 1. The van der Waals surface area contributed by atoms with Crippen LogP contribution in [0, 0.1) is 11.7 Å². The van der Waals surface area contributed by atoms with Gasteiger partial charge in [0.2, 0.25) is 0 Å². The van der Waals surface area contributed by atoms with Gasteiger partial charge in [-0.15, -0.1) is 0 Å². The maximum absolute atomic E-state index is 12.9. The molecule has 18 heavy (non-hydrogen) atoms. The topological polar surface area (TPSA) is 18.5 Å². The first kappa shape index (κ1) is 14.0. The van der Waals surface area contributed by atoms with Crippen LogP contribution in [0.4, 0.5) is 4.39 Å². The minimum Gasteiger partial charge on any atom is -0.381 e. The fourth-order valence-corrected chi connectivity index (χ4v) is 2.63. The first-order valence-corrected chi connectivity index (χ1v) is 7.42. The maximum Gasteiger partial charge on any atom is 0.123 e. The van der Waals surface area contributed by atoms with Crippen molar-refractivity contribution in [3.8, 4) is 0 Å². The van der Waals surface area contributed by atoms with Crippen LogP contribution >= 0.6 is 15.9 Å². The molecule has 1 aliphatic heterocycles. The molecule has 0 spiro atoms. The second-order valence-corrected chi connectivity index (χ2v) is 5.23. The molecule has 1 saturated heterocycles. The molecule has 1 aliphatic rings. The van der Waals surface area contributed by atoms with Crippen LogP contribution in [-0.2, 0) is 9.47 Å². The first-order chi connectivity index (χ1) is 8.79. The number of benzene rings is 1. The highest BCUT2D eigenvalue weighted by molar-refractivity contribution is 9.09. The van der Waals surface area contributed by atoms with Crippen molar-refractivity contribution in [3.63, 3.8) is 0 Å². The normalized spacial score (nSPS) is 18.8. The standard InChI is InChI=1S/C14H18BrFO2/c15-9-14(12-1-3-13(16)4-2-12)18-10-11-5-7-17-8-6-11/h1-4,11,14H,5-10H2. The molecule has 1 aromatic carbocycles. The zero-order valence-electron chi connectivity index (χ0n) is 10.3. The fourth-order valence-electron chi connectivity index (χ4n) is 2.07. The molecule has 0 amide bonds. The predicted octanol–water partition coefficient (Wildman–Crippen LogP) is 3.70. The van der Waals surface area contributed by atoms with Gasteiger partial charge in [-0.05, 0) is 36.5 Å². The summed E-state index contributed by atoms with van der Waals surface area (Å²) < 4.78 is 24.1. The van der Waals surface area contributed by atoms with Crippen molar-refractivity contribution in [2.45, 2.75) is 18.9 Å². The second kappa shape index (κ2) is 7.22. The third kappa shape index (κ3) is 4.04. The lowest BCUT2D eigenvalue weighted by molar-refractivity contribution is -0.00375. The molecule has 100 valence electrons. The molecule has 2 nitrogen and oxygen atoms in total. The van der Waals surface area contributed by atoms with E-state index in [1.165, 1.54) is 12.1 Å². The summed E-state index contributed by atoms with van der Waals surface area (Å²) in [5.74, 6) is 0.372. The zero-order valence-corrected chi connectivity index (χ0v) is 11.9. The van der Waals surface area contributed by atoms with Crippen molar-refractivity contribution in [3.05, 3.63) is 35.6 Å². The molecule has 0 aliphatic carbocycles. The highest BCUT2D eigenvalue weighted by Crippen LogP contribution is 2.23. The molecular weight excluding hydrogens is 299 g/mol. The average molecular weight is 317 g/mol. The Balaban J connectivity index is 1.86. The quantitative estimate of drug-likeness (QED) is 0.771. The van der Waals surface area contributed by atoms with E-state index in [-0.39, 0.29) is 11.9 Å². The van der Waals surface area contributed by atoms with E-state index >= 15 is 0 Å². The van der Waals surface area contributed by atoms with E-state index in [1.807, 2.05) is 0 Å². The minimum atomic E-state index is -0.212. The largest absolute Gasteiger partial charge is 0.381 e. The third-order valence-electron chi connectivity index (χ3n) is 3.26. The molecule has 4 heteroatoms. The van der Waals surface area contributed by atoms with Crippen molar-refractivity contribution in [2.75, 3.05) is 25.2 Å². The Bertz CT molecular complexity index is 349. The van der Waals surface area contributed by atoms with Crippen LogP contribution in [-0.4, -0.2) is 25.2 Å². The summed E-state index contributed by atoms with van der Waals surface area (Å²) in [6.45, 7) is 2.42. The molecular formula is C14H18BrFO2. The van der Waals surface area contributed by atoms with E-state index in [1.54, 1.807) is 12.1 Å². The lowest BCUT2D eigenvalue weighted by atomic mass is 10.0. The van der Waals surface area contributed by atoms with Gasteiger partial charge in [-0.25, -0.2) is 4.39 Å². The molecule has 1 atom stereocenters. The Morgan fingerprint density at radius 2 is 1.94 bits per heavy atom. The second-order valence-electron chi connectivity index (χ2n) is 4.58. The molecule has 0 saturated carbocycles. The number of hydrogen-bond donors (Lipinski definition) is 0. The molecule has 1 aromatic rings. The lowest BCUT2D eigenvalue weighted by Crippen LogP contribution is -2.21. The van der Waals surface area contributed by atoms with Crippen LogP contribution in [0.15, 0.2) is 24.3 Å². The Labute approximate surface area is 116 Å². The SMILES string of the molecule is Fc1ccc(C(CBr)OCC2CCOCC2)cc1. The first-order valence-electron chi connectivity index (χ1n) is 6.30. The van der Waals surface area contributed by atoms with Gasteiger partial charge in [-0.2, -0.15) is 0 Å². The summed E-state index contributed by atoms with van der Waals surface area (Å²) in [4.78, 5) is 0. The summed E-state index contributed by atoms with van der Waals surface area (Å²) in [6, 6.07) is 6.52. The number of ether oxygens (including phenoxy) is 2. The van der Waals surface area contributed by atoms with Gasteiger partial charge < -0.3 is 9.47 Å². The van der Waals surface area contributed by atoms with E-state index in [4.69, 9.17) is 9.47 Å². The van der Waals surface area contributed by atoms with Crippen molar-refractivity contribution in [1.29, 1.82) is 0 Å². The van der Waals surface area contributed by atoms with Gasteiger partial charge in [-0.3, -0.25) is 0 Å². The number of rotatable bonds is 5. The lowest BCUT2D eigenvalue weighted by Gasteiger charge is -2.24. The van der Waals surface area contributed by atoms with Crippen LogP contribution in [0.1, 0.15) is 24.5 Å². The Morgan fingerprint density at radius 1 is 1.28 bits per heavy atom. The molecule has 0 radical (unpaired) electrons. The van der Waals surface area contributed by atoms with Crippen molar-refractivity contribution in [2.24, 2.45) is 5.92 Å². The average Bonchev–Trinajstić information content (AvgIpc) is 2.42. The van der Waals surface area contributed by atoms with Gasteiger partial charge in [0.15, 0.2) is 0 Å². The summed E-state index contributed by atoms with van der Waals surface area (Å²) in [5.41, 5.74) is 1.01. The molecule has 0 aromatic heterocycles. The van der Waals surface area contributed by atoms with Gasteiger partial charge in [0, 0.05) is 18.5 Å². The number of halogens is 2. The third-order valence-corrected chi connectivity index (χ3v) is 3.84. The Hall–Kier alpha value is -0.450. The van der Waals surface area contributed by atoms with Gasteiger partial charge in [0.1, 0.15) is 5.82 Å². The fraction of sp³-hybridized carbons (Fsp3) is 0.571. The summed E-state index contributed by atoms with van der Waals surface area (Å²) in [6.07, 6.45) is 2.13. The van der Waals surface area contributed by atoms with Crippen LogP contribution in [0.2, 0.25) is 0 Å². The molecule has 2 rings (SSSR count). The van der Waals surface area contributed by atoms with Crippen LogP contribution in [0.5, 0.6) is 0 Å². The van der Waals surface area contributed by atoms with E-state index < -0.39 is 0 Å². The Morgan fingerprint density at radius 3 is 2.56 bits per heavy atom.